The summed E-state index contributed by atoms with van der Waals surface area (Å²) in [6.45, 7) is 7.06. The van der Waals surface area contributed by atoms with Crippen LogP contribution in [-0.2, 0) is 9.53 Å². The first kappa shape index (κ1) is 16.6. The fourth-order valence-corrected chi connectivity index (χ4v) is 2.03. The van der Waals surface area contributed by atoms with E-state index >= 15 is 0 Å². The van der Waals surface area contributed by atoms with E-state index in [1.165, 1.54) is 4.90 Å². The highest BCUT2D eigenvalue weighted by molar-refractivity contribution is 7.98. The number of thioether (sulfide) groups is 1. The van der Waals surface area contributed by atoms with Gasteiger partial charge in [-0.25, -0.2) is 4.79 Å². The molecule has 0 bridgehead atoms. The number of benzene rings is 1. The van der Waals surface area contributed by atoms with Gasteiger partial charge in [-0.15, -0.1) is 11.8 Å². The second-order valence-electron chi connectivity index (χ2n) is 5.43. The molecular formula is C15H21NO3S. The summed E-state index contributed by atoms with van der Waals surface area (Å²) < 4.78 is 5.36. The Morgan fingerprint density at radius 3 is 2.25 bits per heavy atom. The van der Waals surface area contributed by atoms with Crippen molar-refractivity contribution in [3.63, 3.8) is 0 Å². The molecule has 0 aromatic heterocycles. The van der Waals surface area contributed by atoms with Crippen molar-refractivity contribution >= 4 is 29.8 Å². The molecule has 1 atom stereocenters. The third-order valence-corrected chi connectivity index (χ3v) is 3.29. The lowest BCUT2D eigenvalue weighted by Gasteiger charge is -2.29. The fraction of sp³-hybridized carbons (Fsp3) is 0.467. The maximum atomic E-state index is 12.3. The van der Waals surface area contributed by atoms with E-state index in [1.807, 2.05) is 30.5 Å². The Hall–Kier alpha value is -1.49. The first-order valence-electron chi connectivity index (χ1n) is 6.40. The molecule has 0 spiro atoms. The van der Waals surface area contributed by atoms with Gasteiger partial charge in [0.2, 0.25) is 0 Å². The van der Waals surface area contributed by atoms with Crippen LogP contribution < -0.4 is 4.90 Å². The molecule has 1 unspecified atom stereocenters. The van der Waals surface area contributed by atoms with Crippen LogP contribution in [0.15, 0.2) is 29.2 Å². The van der Waals surface area contributed by atoms with Gasteiger partial charge in [-0.3, -0.25) is 4.90 Å². The molecule has 0 saturated heterocycles. The molecule has 0 heterocycles. The highest BCUT2D eigenvalue weighted by Gasteiger charge is 2.27. The van der Waals surface area contributed by atoms with E-state index in [2.05, 4.69) is 0 Å². The minimum absolute atomic E-state index is 0.519. The maximum absolute atomic E-state index is 12.3. The summed E-state index contributed by atoms with van der Waals surface area (Å²) in [6, 6.07) is 6.87. The zero-order valence-corrected chi connectivity index (χ0v) is 13.4. The van der Waals surface area contributed by atoms with E-state index in [0.717, 1.165) is 11.2 Å². The topological polar surface area (TPSA) is 46.6 Å². The second kappa shape index (κ2) is 6.79. The average molecular weight is 295 g/mol. The van der Waals surface area contributed by atoms with Crippen LogP contribution in [0.4, 0.5) is 10.5 Å². The summed E-state index contributed by atoms with van der Waals surface area (Å²) in [6.07, 6.45) is 2.19. The lowest BCUT2D eigenvalue weighted by atomic mass is 10.2. The summed E-state index contributed by atoms with van der Waals surface area (Å²) in [5.41, 5.74) is 0.0496. The van der Waals surface area contributed by atoms with Crippen LogP contribution in [-0.4, -0.2) is 30.3 Å². The van der Waals surface area contributed by atoms with Gasteiger partial charge in [0.25, 0.3) is 0 Å². The monoisotopic (exact) mass is 295 g/mol. The number of ether oxygens (including phenoxy) is 1. The molecule has 5 heteroatoms. The van der Waals surface area contributed by atoms with E-state index in [9.17, 15) is 9.59 Å². The molecule has 0 fully saturated rings. The van der Waals surface area contributed by atoms with Gasteiger partial charge in [-0.1, -0.05) is 0 Å². The highest BCUT2D eigenvalue weighted by Crippen LogP contribution is 2.23. The van der Waals surface area contributed by atoms with Crippen molar-refractivity contribution in [3.05, 3.63) is 24.3 Å². The molecule has 0 N–H and O–H groups in total. The summed E-state index contributed by atoms with van der Waals surface area (Å²) in [7, 11) is 0. The molecule has 0 radical (unpaired) electrons. The lowest BCUT2D eigenvalue weighted by Crippen LogP contribution is -2.43. The van der Waals surface area contributed by atoms with E-state index in [1.54, 1.807) is 39.5 Å². The minimum Gasteiger partial charge on any atom is -0.443 e. The smallest absolute Gasteiger partial charge is 0.415 e. The van der Waals surface area contributed by atoms with Crippen molar-refractivity contribution in [1.82, 2.24) is 0 Å². The first-order chi connectivity index (χ1) is 9.28. The number of amides is 1. The van der Waals surface area contributed by atoms with Gasteiger partial charge in [-0.2, -0.15) is 0 Å². The predicted molar refractivity (Wildman–Crippen MR) is 82.5 cm³/mol. The summed E-state index contributed by atoms with van der Waals surface area (Å²) in [5.74, 6) is 0. The molecule has 4 nitrogen and oxygen atoms in total. The van der Waals surface area contributed by atoms with Crippen LogP contribution in [0, 0.1) is 0 Å². The number of aldehydes is 1. The predicted octanol–water partition coefficient (Wildman–Crippen LogP) is 3.74. The number of rotatable bonds is 4. The second-order valence-corrected chi connectivity index (χ2v) is 6.30. The third kappa shape index (κ3) is 4.56. The largest absolute Gasteiger partial charge is 0.443 e. The third-order valence-electron chi connectivity index (χ3n) is 2.54. The van der Waals surface area contributed by atoms with E-state index in [4.69, 9.17) is 4.74 Å². The molecular weight excluding hydrogens is 274 g/mol. The number of carbonyl (C=O) groups is 2. The van der Waals surface area contributed by atoms with Crippen molar-refractivity contribution < 1.29 is 14.3 Å². The SMILES string of the molecule is CSc1ccc(N(C(=O)OC(C)(C)C)C(C)C=O)cc1. The van der Waals surface area contributed by atoms with Crippen LogP contribution in [0.3, 0.4) is 0 Å². The number of nitrogens with zero attached hydrogens (tertiary/aromatic N) is 1. The van der Waals surface area contributed by atoms with Crippen molar-refractivity contribution in [2.75, 3.05) is 11.2 Å². The van der Waals surface area contributed by atoms with Crippen LogP contribution in [0.2, 0.25) is 0 Å². The molecule has 0 aliphatic heterocycles. The maximum Gasteiger partial charge on any atom is 0.415 e. The molecule has 0 aliphatic carbocycles. The standard InChI is InChI=1S/C15H21NO3S/c1-11(10-17)16(14(18)19-15(2,3)4)12-6-8-13(20-5)9-7-12/h6-11H,1-5H3. The summed E-state index contributed by atoms with van der Waals surface area (Å²) in [5, 5.41) is 0. The van der Waals surface area contributed by atoms with Gasteiger partial charge in [0, 0.05) is 10.6 Å². The number of carbonyl (C=O) groups excluding carboxylic acids is 2. The zero-order chi connectivity index (χ0) is 15.3. The summed E-state index contributed by atoms with van der Waals surface area (Å²) >= 11 is 1.62. The lowest BCUT2D eigenvalue weighted by molar-refractivity contribution is -0.108. The van der Waals surface area contributed by atoms with Gasteiger partial charge in [0.1, 0.15) is 11.9 Å². The van der Waals surface area contributed by atoms with Crippen LogP contribution in [0.25, 0.3) is 0 Å². The van der Waals surface area contributed by atoms with Gasteiger partial charge in [0.05, 0.1) is 6.04 Å². The fourth-order valence-electron chi connectivity index (χ4n) is 1.62. The van der Waals surface area contributed by atoms with E-state index < -0.39 is 17.7 Å². The summed E-state index contributed by atoms with van der Waals surface area (Å²) in [4.78, 5) is 25.8. The Balaban J connectivity index is 3.05. The van der Waals surface area contributed by atoms with E-state index in [0.29, 0.717) is 5.69 Å². The van der Waals surface area contributed by atoms with Gasteiger partial charge < -0.3 is 9.53 Å². The Kier molecular flexibility index (Phi) is 5.62. The van der Waals surface area contributed by atoms with Crippen molar-refractivity contribution in [3.8, 4) is 0 Å². The number of anilines is 1. The van der Waals surface area contributed by atoms with Gasteiger partial charge in [0.15, 0.2) is 0 Å². The normalized spacial score (nSPS) is 12.7. The van der Waals surface area contributed by atoms with Crippen molar-refractivity contribution in [2.45, 2.75) is 44.2 Å². The molecule has 1 aromatic carbocycles. The quantitative estimate of drug-likeness (QED) is 0.627. The minimum atomic E-state index is -0.600. The Morgan fingerprint density at radius 2 is 1.85 bits per heavy atom. The molecule has 110 valence electrons. The van der Waals surface area contributed by atoms with Gasteiger partial charge in [-0.05, 0) is 58.2 Å². The molecule has 1 aromatic rings. The zero-order valence-electron chi connectivity index (χ0n) is 12.5. The molecule has 0 saturated carbocycles. The molecule has 0 aliphatic rings. The number of hydrogen-bond donors (Lipinski definition) is 0. The van der Waals surface area contributed by atoms with Crippen LogP contribution >= 0.6 is 11.8 Å². The Bertz CT molecular complexity index is 465. The van der Waals surface area contributed by atoms with Crippen LogP contribution in [0.1, 0.15) is 27.7 Å². The molecule has 20 heavy (non-hydrogen) atoms. The highest BCUT2D eigenvalue weighted by atomic mass is 32.2. The van der Waals surface area contributed by atoms with Crippen molar-refractivity contribution in [2.24, 2.45) is 0 Å². The Morgan fingerprint density at radius 1 is 1.30 bits per heavy atom. The van der Waals surface area contributed by atoms with Crippen LogP contribution in [0.5, 0.6) is 0 Å². The number of hydrogen-bond acceptors (Lipinski definition) is 4. The van der Waals surface area contributed by atoms with Crippen molar-refractivity contribution in [1.29, 1.82) is 0 Å². The Labute approximate surface area is 124 Å². The molecule has 1 amide bonds. The average Bonchev–Trinajstić information content (AvgIpc) is 2.37. The van der Waals surface area contributed by atoms with Gasteiger partial charge >= 0.3 is 6.09 Å². The van der Waals surface area contributed by atoms with E-state index in [-0.39, 0.29) is 0 Å². The molecule has 1 rings (SSSR count). The first-order valence-corrected chi connectivity index (χ1v) is 7.62.